The van der Waals surface area contributed by atoms with Crippen molar-refractivity contribution in [1.29, 1.82) is 0 Å². The summed E-state index contributed by atoms with van der Waals surface area (Å²) in [5.41, 5.74) is 2.71. The van der Waals surface area contributed by atoms with Gasteiger partial charge in [-0.15, -0.1) is 0 Å². The number of hydrogen-bond donors (Lipinski definition) is 1. The third-order valence-electron chi connectivity index (χ3n) is 4.43. The number of nitrogens with one attached hydrogen (secondary N) is 1. The van der Waals surface area contributed by atoms with Gasteiger partial charge in [0.2, 0.25) is 0 Å². The second kappa shape index (κ2) is 6.92. The van der Waals surface area contributed by atoms with Crippen molar-refractivity contribution in [3.63, 3.8) is 0 Å². The van der Waals surface area contributed by atoms with Gasteiger partial charge in [-0.25, -0.2) is 4.98 Å². The first-order valence-corrected chi connectivity index (χ1v) is 8.16. The molecule has 0 amide bonds. The fourth-order valence-electron chi connectivity index (χ4n) is 3.23. The summed E-state index contributed by atoms with van der Waals surface area (Å²) in [4.78, 5) is 6.86. The number of pyridine rings is 1. The van der Waals surface area contributed by atoms with Crippen LogP contribution >= 0.6 is 0 Å². The molecule has 0 bridgehead atoms. The van der Waals surface area contributed by atoms with Crippen molar-refractivity contribution in [1.82, 2.24) is 19.7 Å². The predicted octanol–water partition coefficient (Wildman–Crippen LogP) is 2.72. The summed E-state index contributed by atoms with van der Waals surface area (Å²) in [7, 11) is 1.92. The minimum atomic E-state index is 0.602. The molecule has 22 heavy (non-hydrogen) atoms. The lowest BCUT2D eigenvalue weighted by Gasteiger charge is -2.32. The van der Waals surface area contributed by atoms with Crippen LogP contribution in [0.1, 0.15) is 36.8 Å². The molecule has 1 saturated heterocycles. The van der Waals surface area contributed by atoms with E-state index in [1.807, 2.05) is 24.1 Å². The van der Waals surface area contributed by atoms with Gasteiger partial charge in [0.05, 0.1) is 6.20 Å². The first kappa shape index (κ1) is 15.0. The van der Waals surface area contributed by atoms with Crippen molar-refractivity contribution < 1.29 is 0 Å². The van der Waals surface area contributed by atoms with Gasteiger partial charge in [-0.05, 0) is 49.9 Å². The number of aromatic nitrogens is 3. The maximum absolute atomic E-state index is 4.37. The molecule has 5 nitrogen and oxygen atoms in total. The highest BCUT2D eigenvalue weighted by Gasteiger charge is 2.22. The lowest BCUT2D eigenvalue weighted by atomic mass is 9.91. The monoisotopic (exact) mass is 299 g/mol. The summed E-state index contributed by atoms with van der Waals surface area (Å²) in [5.74, 6) is 1.56. The lowest BCUT2D eigenvalue weighted by molar-refractivity contribution is 0.200. The smallest absolute Gasteiger partial charge is 0.125 e. The molecular weight excluding hydrogens is 274 g/mol. The summed E-state index contributed by atoms with van der Waals surface area (Å²) in [6.07, 6.45) is 8.58. The summed E-state index contributed by atoms with van der Waals surface area (Å²) < 4.78 is 2.00. The van der Waals surface area contributed by atoms with Crippen LogP contribution in [0.3, 0.4) is 0 Å². The van der Waals surface area contributed by atoms with Crippen LogP contribution in [-0.2, 0) is 13.1 Å². The number of anilines is 1. The SMILES string of the molecule is CCn1cc(CN2CCC[C@@H](c3ccnc(NC)c3)C2)cn1. The Morgan fingerprint density at radius 1 is 1.41 bits per heavy atom. The molecule has 1 aliphatic rings. The van der Waals surface area contributed by atoms with Crippen LogP contribution in [0, 0.1) is 0 Å². The minimum Gasteiger partial charge on any atom is -0.373 e. The molecule has 0 radical (unpaired) electrons. The number of piperidine rings is 1. The fraction of sp³-hybridized carbons (Fsp3) is 0.529. The molecule has 1 aliphatic heterocycles. The molecule has 0 saturated carbocycles. The van der Waals surface area contributed by atoms with Crippen molar-refractivity contribution in [2.24, 2.45) is 0 Å². The van der Waals surface area contributed by atoms with E-state index in [1.165, 1.54) is 30.5 Å². The van der Waals surface area contributed by atoms with Crippen LogP contribution in [0.2, 0.25) is 0 Å². The molecule has 0 aromatic carbocycles. The van der Waals surface area contributed by atoms with E-state index in [0.29, 0.717) is 5.92 Å². The van der Waals surface area contributed by atoms with Crippen LogP contribution < -0.4 is 5.32 Å². The van der Waals surface area contributed by atoms with Gasteiger partial charge in [0.25, 0.3) is 0 Å². The Morgan fingerprint density at radius 3 is 3.09 bits per heavy atom. The Bertz CT molecular complexity index is 607. The molecule has 3 rings (SSSR count). The molecule has 5 heteroatoms. The topological polar surface area (TPSA) is 46.0 Å². The highest BCUT2D eigenvalue weighted by atomic mass is 15.3. The molecular formula is C17H25N5. The largest absolute Gasteiger partial charge is 0.373 e. The second-order valence-electron chi connectivity index (χ2n) is 6.00. The molecule has 1 fully saturated rings. The highest BCUT2D eigenvalue weighted by molar-refractivity contribution is 5.38. The molecule has 0 unspecified atom stereocenters. The summed E-state index contributed by atoms with van der Waals surface area (Å²) >= 11 is 0. The Labute approximate surface area is 132 Å². The highest BCUT2D eigenvalue weighted by Crippen LogP contribution is 2.28. The van der Waals surface area contributed by atoms with Crippen molar-refractivity contribution in [3.8, 4) is 0 Å². The standard InChI is InChI=1S/C17H25N5/c1-3-22-12-14(10-20-22)11-21-8-4-5-16(13-21)15-6-7-19-17(9-15)18-2/h6-7,9-10,12,16H,3-5,8,11,13H2,1-2H3,(H,18,19)/t16-/m1/s1. The van der Waals surface area contributed by atoms with Gasteiger partial charge in [-0.2, -0.15) is 5.10 Å². The zero-order valence-electron chi connectivity index (χ0n) is 13.5. The van der Waals surface area contributed by atoms with Crippen LogP contribution in [0.15, 0.2) is 30.7 Å². The van der Waals surface area contributed by atoms with Crippen LogP contribution in [-0.4, -0.2) is 39.8 Å². The number of aryl methyl sites for hydroxylation is 1. The van der Waals surface area contributed by atoms with Gasteiger partial charge in [0, 0.05) is 44.6 Å². The summed E-state index contributed by atoms with van der Waals surface area (Å²) in [5, 5.41) is 7.50. The number of rotatable bonds is 5. The summed E-state index contributed by atoms with van der Waals surface area (Å²) in [6.45, 7) is 6.35. The quantitative estimate of drug-likeness (QED) is 0.922. The molecule has 2 aromatic heterocycles. The van der Waals surface area contributed by atoms with E-state index in [2.05, 4.69) is 45.6 Å². The fourth-order valence-corrected chi connectivity index (χ4v) is 3.23. The molecule has 118 valence electrons. The summed E-state index contributed by atoms with van der Waals surface area (Å²) in [6, 6.07) is 4.34. The van der Waals surface area contributed by atoms with E-state index in [0.717, 1.165) is 25.5 Å². The zero-order valence-corrected chi connectivity index (χ0v) is 13.5. The van der Waals surface area contributed by atoms with Gasteiger partial charge < -0.3 is 5.32 Å². The number of nitrogens with zero attached hydrogens (tertiary/aromatic N) is 4. The zero-order chi connectivity index (χ0) is 15.4. The third kappa shape index (κ3) is 3.47. The molecule has 1 N–H and O–H groups in total. The lowest BCUT2D eigenvalue weighted by Crippen LogP contribution is -2.33. The van der Waals surface area contributed by atoms with Crippen molar-refractivity contribution in [3.05, 3.63) is 41.9 Å². The second-order valence-corrected chi connectivity index (χ2v) is 6.00. The van der Waals surface area contributed by atoms with E-state index in [9.17, 15) is 0 Å². The Morgan fingerprint density at radius 2 is 2.32 bits per heavy atom. The predicted molar refractivity (Wildman–Crippen MR) is 88.9 cm³/mol. The first-order valence-electron chi connectivity index (χ1n) is 8.16. The van der Waals surface area contributed by atoms with Gasteiger partial charge in [-0.1, -0.05) is 0 Å². The number of likely N-dealkylation sites (tertiary alicyclic amines) is 1. The van der Waals surface area contributed by atoms with Crippen LogP contribution in [0.4, 0.5) is 5.82 Å². The van der Waals surface area contributed by atoms with Crippen LogP contribution in [0.5, 0.6) is 0 Å². The average molecular weight is 299 g/mol. The Balaban J connectivity index is 1.65. The minimum absolute atomic E-state index is 0.602. The van der Waals surface area contributed by atoms with Crippen LogP contribution in [0.25, 0.3) is 0 Å². The van der Waals surface area contributed by atoms with E-state index in [4.69, 9.17) is 0 Å². The third-order valence-corrected chi connectivity index (χ3v) is 4.43. The average Bonchev–Trinajstić information content (AvgIpc) is 3.03. The molecule has 1 atom stereocenters. The van der Waals surface area contributed by atoms with Gasteiger partial charge >= 0.3 is 0 Å². The Hall–Kier alpha value is -1.88. The van der Waals surface area contributed by atoms with E-state index >= 15 is 0 Å². The molecule has 0 aliphatic carbocycles. The first-order chi connectivity index (χ1) is 10.8. The molecule has 0 spiro atoms. The van der Waals surface area contributed by atoms with E-state index in [1.54, 1.807) is 0 Å². The van der Waals surface area contributed by atoms with Crippen molar-refractivity contribution >= 4 is 5.82 Å². The normalized spacial score (nSPS) is 19.3. The van der Waals surface area contributed by atoms with Gasteiger partial charge in [0.1, 0.15) is 5.82 Å². The Kier molecular flexibility index (Phi) is 4.73. The maximum atomic E-state index is 4.37. The maximum Gasteiger partial charge on any atom is 0.125 e. The van der Waals surface area contributed by atoms with Gasteiger partial charge in [0.15, 0.2) is 0 Å². The van der Waals surface area contributed by atoms with E-state index in [-0.39, 0.29) is 0 Å². The van der Waals surface area contributed by atoms with Gasteiger partial charge in [-0.3, -0.25) is 9.58 Å². The molecule has 3 heterocycles. The van der Waals surface area contributed by atoms with Crippen molar-refractivity contribution in [2.75, 3.05) is 25.5 Å². The van der Waals surface area contributed by atoms with E-state index < -0.39 is 0 Å². The van der Waals surface area contributed by atoms with Crippen molar-refractivity contribution in [2.45, 2.75) is 38.8 Å². The molecule has 2 aromatic rings. The number of hydrogen-bond acceptors (Lipinski definition) is 4.